The predicted molar refractivity (Wildman–Crippen MR) is 98.3 cm³/mol. The minimum atomic E-state index is 0.144. The fourth-order valence-corrected chi connectivity index (χ4v) is 3.31. The van der Waals surface area contributed by atoms with E-state index >= 15 is 0 Å². The Kier molecular flexibility index (Phi) is 2.99. The number of aryl methyl sites for hydroxylation is 1. The van der Waals surface area contributed by atoms with E-state index in [1.807, 2.05) is 0 Å². The van der Waals surface area contributed by atoms with Gasteiger partial charge in [0.15, 0.2) is 0 Å². The molecule has 2 heteroatoms. The number of imidazole rings is 1. The van der Waals surface area contributed by atoms with E-state index in [1.54, 1.807) is 0 Å². The Morgan fingerprint density at radius 1 is 0.957 bits per heavy atom. The number of aromatic nitrogens is 2. The molecule has 23 heavy (non-hydrogen) atoms. The first kappa shape index (κ1) is 14.3. The zero-order chi connectivity index (χ0) is 16.2. The van der Waals surface area contributed by atoms with Crippen molar-refractivity contribution in [3.05, 3.63) is 59.9 Å². The minimum absolute atomic E-state index is 0.144. The molecule has 0 N–H and O–H groups in total. The molecule has 2 heterocycles. The van der Waals surface area contributed by atoms with Gasteiger partial charge in [0.05, 0.1) is 11.2 Å². The van der Waals surface area contributed by atoms with Crippen LogP contribution in [0, 0.1) is 0 Å². The fraction of sp³-hybridized carbons (Fsp3) is 0.286. The van der Waals surface area contributed by atoms with E-state index < -0.39 is 0 Å². The highest BCUT2D eigenvalue weighted by atomic mass is 15.0. The second-order valence-electron chi connectivity index (χ2n) is 7.31. The van der Waals surface area contributed by atoms with Crippen LogP contribution in [0.5, 0.6) is 0 Å². The van der Waals surface area contributed by atoms with Crippen molar-refractivity contribution in [3.63, 3.8) is 0 Å². The molecule has 4 rings (SSSR count). The van der Waals surface area contributed by atoms with Gasteiger partial charge in [0.1, 0.15) is 5.65 Å². The molecule has 116 valence electrons. The second kappa shape index (κ2) is 4.82. The molecule has 0 saturated carbocycles. The summed E-state index contributed by atoms with van der Waals surface area (Å²) < 4.78 is 2.24. The van der Waals surface area contributed by atoms with E-state index in [-0.39, 0.29) is 5.41 Å². The number of pyridine rings is 1. The number of para-hydroxylation sites is 1. The third kappa shape index (κ3) is 2.13. The first-order valence-corrected chi connectivity index (χ1v) is 8.32. The highest BCUT2D eigenvalue weighted by Crippen LogP contribution is 2.33. The van der Waals surface area contributed by atoms with Gasteiger partial charge in [-0.05, 0) is 34.9 Å². The lowest BCUT2D eigenvalue weighted by atomic mass is 9.85. The summed E-state index contributed by atoms with van der Waals surface area (Å²) in [7, 11) is 0. The molecular weight excluding hydrogens is 280 g/mol. The van der Waals surface area contributed by atoms with Crippen molar-refractivity contribution in [1.82, 2.24) is 9.38 Å². The Labute approximate surface area is 136 Å². The zero-order valence-corrected chi connectivity index (χ0v) is 14.2. The highest BCUT2D eigenvalue weighted by Gasteiger charge is 2.17. The SMILES string of the molecule is CCc1cn2c3ccccc3c3cc(C(C)(C)C)ccc3c2n1. The van der Waals surface area contributed by atoms with Crippen LogP contribution in [-0.2, 0) is 11.8 Å². The van der Waals surface area contributed by atoms with Crippen molar-refractivity contribution in [2.24, 2.45) is 0 Å². The number of nitrogens with zero attached hydrogens (tertiary/aromatic N) is 2. The fourth-order valence-electron chi connectivity index (χ4n) is 3.31. The lowest BCUT2D eigenvalue weighted by Crippen LogP contribution is -2.10. The summed E-state index contributed by atoms with van der Waals surface area (Å²) in [6.45, 7) is 8.95. The van der Waals surface area contributed by atoms with Crippen LogP contribution in [0.3, 0.4) is 0 Å². The van der Waals surface area contributed by atoms with Crippen molar-refractivity contribution in [2.45, 2.75) is 39.5 Å². The highest BCUT2D eigenvalue weighted by molar-refractivity contribution is 6.11. The van der Waals surface area contributed by atoms with Gasteiger partial charge in [0.25, 0.3) is 0 Å². The van der Waals surface area contributed by atoms with E-state index in [9.17, 15) is 0 Å². The van der Waals surface area contributed by atoms with E-state index in [0.29, 0.717) is 0 Å². The van der Waals surface area contributed by atoms with Crippen molar-refractivity contribution in [3.8, 4) is 0 Å². The molecule has 0 atom stereocenters. The Morgan fingerprint density at radius 3 is 2.48 bits per heavy atom. The van der Waals surface area contributed by atoms with Crippen LogP contribution in [0.15, 0.2) is 48.7 Å². The van der Waals surface area contributed by atoms with Crippen LogP contribution >= 0.6 is 0 Å². The van der Waals surface area contributed by atoms with Gasteiger partial charge in [-0.1, -0.05) is 58.0 Å². The molecule has 0 radical (unpaired) electrons. The third-order valence-corrected chi connectivity index (χ3v) is 4.70. The van der Waals surface area contributed by atoms with Crippen LogP contribution in [0.4, 0.5) is 0 Å². The van der Waals surface area contributed by atoms with Gasteiger partial charge < -0.3 is 0 Å². The van der Waals surface area contributed by atoms with Crippen molar-refractivity contribution in [1.29, 1.82) is 0 Å². The Hall–Kier alpha value is -2.35. The summed E-state index contributed by atoms with van der Waals surface area (Å²) in [5, 5.41) is 3.83. The lowest BCUT2D eigenvalue weighted by molar-refractivity contribution is 0.591. The molecule has 0 spiro atoms. The van der Waals surface area contributed by atoms with Gasteiger partial charge in [-0.15, -0.1) is 0 Å². The molecule has 2 nitrogen and oxygen atoms in total. The van der Waals surface area contributed by atoms with E-state index in [0.717, 1.165) is 17.8 Å². The number of benzene rings is 2. The molecule has 0 aliphatic rings. The quantitative estimate of drug-likeness (QED) is 0.424. The zero-order valence-electron chi connectivity index (χ0n) is 14.2. The van der Waals surface area contributed by atoms with Crippen LogP contribution in [0.1, 0.15) is 39.0 Å². The smallest absolute Gasteiger partial charge is 0.145 e. The molecule has 0 amide bonds. The summed E-state index contributed by atoms with van der Waals surface area (Å²) in [5.74, 6) is 0. The number of hydrogen-bond acceptors (Lipinski definition) is 1. The van der Waals surface area contributed by atoms with Crippen LogP contribution in [-0.4, -0.2) is 9.38 Å². The van der Waals surface area contributed by atoms with E-state index in [4.69, 9.17) is 4.98 Å². The first-order chi connectivity index (χ1) is 11.0. The maximum Gasteiger partial charge on any atom is 0.145 e. The number of hydrogen-bond donors (Lipinski definition) is 0. The van der Waals surface area contributed by atoms with Crippen molar-refractivity contribution >= 4 is 27.3 Å². The Bertz CT molecular complexity index is 1030. The Balaban J connectivity index is 2.23. The summed E-state index contributed by atoms with van der Waals surface area (Å²) in [5.41, 5.74) is 4.94. The Morgan fingerprint density at radius 2 is 1.74 bits per heavy atom. The summed E-state index contributed by atoms with van der Waals surface area (Å²) in [4.78, 5) is 4.86. The molecule has 0 saturated heterocycles. The van der Waals surface area contributed by atoms with Crippen LogP contribution in [0.2, 0.25) is 0 Å². The van der Waals surface area contributed by atoms with Crippen LogP contribution in [0.25, 0.3) is 27.3 Å². The number of fused-ring (bicyclic) bond motifs is 6. The van der Waals surface area contributed by atoms with Gasteiger partial charge in [-0.3, -0.25) is 4.40 Å². The summed E-state index contributed by atoms with van der Waals surface area (Å²) in [6, 6.07) is 15.5. The van der Waals surface area contributed by atoms with E-state index in [2.05, 4.69) is 80.8 Å². The molecule has 4 aromatic rings. The maximum atomic E-state index is 4.86. The first-order valence-electron chi connectivity index (χ1n) is 8.32. The van der Waals surface area contributed by atoms with Crippen molar-refractivity contribution in [2.75, 3.05) is 0 Å². The molecule has 0 aliphatic carbocycles. The molecule has 2 aromatic carbocycles. The van der Waals surface area contributed by atoms with Gasteiger partial charge in [-0.2, -0.15) is 0 Å². The predicted octanol–water partition coefficient (Wildman–Crippen LogP) is 5.50. The van der Waals surface area contributed by atoms with Crippen molar-refractivity contribution < 1.29 is 0 Å². The summed E-state index contributed by atoms with van der Waals surface area (Å²) >= 11 is 0. The molecular formula is C21H22N2. The van der Waals surface area contributed by atoms with Gasteiger partial charge >= 0.3 is 0 Å². The largest absolute Gasteiger partial charge is 0.299 e. The normalized spacial score (nSPS) is 12.5. The monoisotopic (exact) mass is 302 g/mol. The average molecular weight is 302 g/mol. The van der Waals surface area contributed by atoms with E-state index in [1.165, 1.54) is 27.2 Å². The molecule has 0 aliphatic heterocycles. The van der Waals surface area contributed by atoms with Crippen LogP contribution < -0.4 is 0 Å². The van der Waals surface area contributed by atoms with Gasteiger partial charge in [0.2, 0.25) is 0 Å². The molecule has 0 unspecified atom stereocenters. The van der Waals surface area contributed by atoms with Gasteiger partial charge in [0, 0.05) is 17.0 Å². The molecule has 0 fully saturated rings. The van der Waals surface area contributed by atoms with Gasteiger partial charge in [-0.25, -0.2) is 4.98 Å². The minimum Gasteiger partial charge on any atom is -0.299 e. The average Bonchev–Trinajstić information content (AvgIpc) is 2.98. The summed E-state index contributed by atoms with van der Waals surface area (Å²) in [6.07, 6.45) is 3.13. The second-order valence-corrected chi connectivity index (χ2v) is 7.31. The topological polar surface area (TPSA) is 17.3 Å². The standard InChI is InChI=1S/C21H22N2/c1-5-15-13-23-19-9-7-6-8-16(19)18-12-14(21(2,3)4)10-11-17(18)20(23)22-15/h6-13H,5H2,1-4H3. The lowest BCUT2D eigenvalue weighted by Gasteiger charge is -2.20. The maximum absolute atomic E-state index is 4.86. The molecule has 2 aromatic heterocycles. The third-order valence-electron chi connectivity index (χ3n) is 4.70. The number of rotatable bonds is 1. The molecule has 0 bridgehead atoms.